The van der Waals surface area contributed by atoms with Crippen molar-refractivity contribution in [1.82, 2.24) is 20.2 Å². The molecule has 6 heteroatoms. The minimum atomic E-state index is 0.0195. The van der Waals surface area contributed by atoms with Gasteiger partial charge < -0.3 is 15.0 Å². The van der Waals surface area contributed by atoms with E-state index in [-0.39, 0.29) is 12.1 Å². The lowest BCUT2D eigenvalue weighted by atomic mass is 10.1. The summed E-state index contributed by atoms with van der Waals surface area (Å²) in [4.78, 5) is 22.2. The number of piperidine rings is 1. The van der Waals surface area contributed by atoms with Crippen molar-refractivity contribution in [3.63, 3.8) is 0 Å². The molecule has 1 aromatic carbocycles. The van der Waals surface area contributed by atoms with Gasteiger partial charge in [-0.25, -0.2) is 9.78 Å². The standard InChI is InChI=1S/C19H24N4O2/c24-19(22-10-4-7-16-5-2-1-3-6-16)23-13-8-17(9-14-23)25-18-15-20-11-12-21-18/h1-3,5-6,11-12,15,17H,4,7-10,13-14H2,(H,22,24). The summed E-state index contributed by atoms with van der Waals surface area (Å²) >= 11 is 0. The van der Waals surface area contributed by atoms with Crippen LogP contribution in [0.25, 0.3) is 0 Å². The number of nitrogens with zero attached hydrogens (tertiary/aromatic N) is 3. The van der Waals surface area contributed by atoms with Crippen LogP contribution in [0, 0.1) is 0 Å². The Kier molecular flexibility index (Phi) is 6.20. The molecule has 1 aromatic heterocycles. The van der Waals surface area contributed by atoms with Gasteiger partial charge in [-0.1, -0.05) is 30.3 Å². The van der Waals surface area contributed by atoms with Crippen molar-refractivity contribution in [2.24, 2.45) is 0 Å². The third-order valence-electron chi connectivity index (χ3n) is 4.32. The highest BCUT2D eigenvalue weighted by Gasteiger charge is 2.23. The molecule has 0 aliphatic carbocycles. The van der Waals surface area contributed by atoms with Gasteiger partial charge in [0.1, 0.15) is 6.10 Å². The van der Waals surface area contributed by atoms with Gasteiger partial charge in [-0.3, -0.25) is 4.98 Å². The molecule has 0 saturated carbocycles. The fraction of sp³-hybridized carbons (Fsp3) is 0.421. The van der Waals surface area contributed by atoms with Crippen molar-refractivity contribution < 1.29 is 9.53 Å². The number of ether oxygens (including phenoxy) is 1. The van der Waals surface area contributed by atoms with E-state index < -0.39 is 0 Å². The quantitative estimate of drug-likeness (QED) is 0.821. The number of nitrogens with one attached hydrogen (secondary N) is 1. The fourth-order valence-corrected chi connectivity index (χ4v) is 2.94. The molecule has 25 heavy (non-hydrogen) atoms. The molecule has 0 unspecified atom stereocenters. The number of carbonyl (C=O) groups is 1. The third kappa shape index (κ3) is 5.45. The Morgan fingerprint density at radius 2 is 2.00 bits per heavy atom. The zero-order valence-electron chi connectivity index (χ0n) is 14.3. The van der Waals surface area contributed by atoms with Crippen molar-refractivity contribution >= 4 is 6.03 Å². The number of carbonyl (C=O) groups excluding carboxylic acids is 1. The Hall–Kier alpha value is -2.63. The van der Waals surface area contributed by atoms with Gasteiger partial charge in [0.25, 0.3) is 0 Å². The topological polar surface area (TPSA) is 67.4 Å². The summed E-state index contributed by atoms with van der Waals surface area (Å²) in [6, 6.07) is 10.4. The van der Waals surface area contributed by atoms with Crippen molar-refractivity contribution in [3.05, 3.63) is 54.5 Å². The SMILES string of the molecule is O=C(NCCCc1ccccc1)N1CCC(Oc2cnccn2)CC1. The number of amides is 2. The molecule has 0 bridgehead atoms. The second-order valence-corrected chi connectivity index (χ2v) is 6.17. The Morgan fingerprint density at radius 1 is 1.20 bits per heavy atom. The van der Waals surface area contributed by atoms with Crippen LogP contribution in [0.4, 0.5) is 4.79 Å². The first-order valence-electron chi connectivity index (χ1n) is 8.80. The summed E-state index contributed by atoms with van der Waals surface area (Å²) in [5.41, 5.74) is 1.30. The van der Waals surface area contributed by atoms with Crippen LogP contribution in [-0.2, 0) is 6.42 Å². The van der Waals surface area contributed by atoms with E-state index in [0.29, 0.717) is 25.5 Å². The van der Waals surface area contributed by atoms with E-state index in [4.69, 9.17) is 4.74 Å². The van der Waals surface area contributed by atoms with Gasteiger partial charge in [0.15, 0.2) is 0 Å². The maximum Gasteiger partial charge on any atom is 0.317 e. The van der Waals surface area contributed by atoms with Gasteiger partial charge in [-0.05, 0) is 18.4 Å². The number of aromatic nitrogens is 2. The minimum Gasteiger partial charge on any atom is -0.473 e. The highest BCUT2D eigenvalue weighted by atomic mass is 16.5. The van der Waals surface area contributed by atoms with E-state index in [1.54, 1.807) is 18.6 Å². The van der Waals surface area contributed by atoms with E-state index in [2.05, 4.69) is 27.4 Å². The number of aryl methyl sites for hydroxylation is 1. The molecular formula is C19H24N4O2. The molecule has 132 valence electrons. The van der Waals surface area contributed by atoms with Crippen LogP contribution in [0.2, 0.25) is 0 Å². The largest absolute Gasteiger partial charge is 0.473 e. The monoisotopic (exact) mass is 340 g/mol. The maximum atomic E-state index is 12.2. The predicted octanol–water partition coefficient (Wildman–Crippen LogP) is 2.66. The van der Waals surface area contributed by atoms with Crippen LogP contribution in [0.3, 0.4) is 0 Å². The lowest BCUT2D eigenvalue weighted by molar-refractivity contribution is 0.107. The van der Waals surface area contributed by atoms with Gasteiger partial charge >= 0.3 is 6.03 Å². The number of hydrogen-bond acceptors (Lipinski definition) is 4. The molecule has 2 aromatic rings. The van der Waals surface area contributed by atoms with Crippen molar-refractivity contribution in [2.45, 2.75) is 31.8 Å². The molecule has 1 saturated heterocycles. The highest BCUT2D eigenvalue weighted by Crippen LogP contribution is 2.16. The summed E-state index contributed by atoms with van der Waals surface area (Å²) in [5, 5.41) is 3.01. The Morgan fingerprint density at radius 3 is 2.72 bits per heavy atom. The molecule has 0 spiro atoms. The molecule has 1 N–H and O–H groups in total. The first kappa shape index (κ1) is 17.2. The molecule has 0 radical (unpaired) electrons. The van der Waals surface area contributed by atoms with Gasteiger partial charge in [0.05, 0.1) is 6.20 Å². The van der Waals surface area contributed by atoms with Crippen LogP contribution >= 0.6 is 0 Å². The minimum absolute atomic E-state index is 0.0195. The first-order valence-corrected chi connectivity index (χ1v) is 8.80. The van der Waals surface area contributed by atoms with Crippen molar-refractivity contribution in [3.8, 4) is 5.88 Å². The van der Waals surface area contributed by atoms with E-state index in [0.717, 1.165) is 25.7 Å². The molecule has 1 aliphatic rings. The molecule has 1 fully saturated rings. The normalized spacial score (nSPS) is 15.0. The van der Waals surface area contributed by atoms with Crippen molar-refractivity contribution in [1.29, 1.82) is 0 Å². The van der Waals surface area contributed by atoms with Gasteiger partial charge in [-0.15, -0.1) is 0 Å². The van der Waals surface area contributed by atoms with Crippen LogP contribution in [-0.4, -0.2) is 46.6 Å². The molecule has 6 nitrogen and oxygen atoms in total. The summed E-state index contributed by atoms with van der Waals surface area (Å²) in [5.74, 6) is 0.548. The fourth-order valence-electron chi connectivity index (χ4n) is 2.94. The summed E-state index contributed by atoms with van der Waals surface area (Å²) < 4.78 is 5.80. The molecule has 2 heterocycles. The van der Waals surface area contributed by atoms with Gasteiger partial charge in [0, 0.05) is 44.9 Å². The second kappa shape index (κ2) is 9.01. The van der Waals surface area contributed by atoms with Gasteiger partial charge in [0.2, 0.25) is 5.88 Å². The molecule has 2 amide bonds. The summed E-state index contributed by atoms with van der Waals surface area (Å²) in [6.45, 7) is 2.11. The summed E-state index contributed by atoms with van der Waals surface area (Å²) in [7, 11) is 0. The zero-order valence-corrected chi connectivity index (χ0v) is 14.3. The maximum absolute atomic E-state index is 12.2. The highest BCUT2D eigenvalue weighted by molar-refractivity contribution is 5.74. The van der Waals surface area contributed by atoms with E-state index in [9.17, 15) is 4.79 Å². The lowest BCUT2D eigenvalue weighted by Crippen LogP contribution is -2.46. The lowest BCUT2D eigenvalue weighted by Gasteiger charge is -2.31. The molecular weight excluding hydrogens is 316 g/mol. The Balaban J connectivity index is 1.33. The Bertz CT molecular complexity index is 643. The van der Waals surface area contributed by atoms with Crippen LogP contribution in [0.5, 0.6) is 5.88 Å². The smallest absolute Gasteiger partial charge is 0.317 e. The van der Waals surface area contributed by atoms with Crippen molar-refractivity contribution in [2.75, 3.05) is 19.6 Å². The average Bonchev–Trinajstić information content (AvgIpc) is 2.67. The first-order chi connectivity index (χ1) is 12.3. The molecule has 1 aliphatic heterocycles. The average molecular weight is 340 g/mol. The number of urea groups is 1. The van der Waals surface area contributed by atoms with E-state index >= 15 is 0 Å². The number of likely N-dealkylation sites (tertiary alicyclic amines) is 1. The predicted molar refractivity (Wildman–Crippen MR) is 95.4 cm³/mol. The molecule has 0 atom stereocenters. The number of hydrogen-bond donors (Lipinski definition) is 1. The Labute approximate surface area is 148 Å². The van der Waals surface area contributed by atoms with E-state index in [1.165, 1.54) is 5.56 Å². The molecule has 3 rings (SSSR count). The third-order valence-corrected chi connectivity index (χ3v) is 4.32. The second-order valence-electron chi connectivity index (χ2n) is 6.17. The van der Waals surface area contributed by atoms with Gasteiger partial charge in [-0.2, -0.15) is 0 Å². The summed E-state index contributed by atoms with van der Waals surface area (Å²) in [6.07, 6.45) is 8.51. The van der Waals surface area contributed by atoms with Crippen LogP contribution in [0.1, 0.15) is 24.8 Å². The van der Waals surface area contributed by atoms with Crippen LogP contribution in [0.15, 0.2) is 48.9 Å². The van der Waals surface area contributed by atoms with Crippen LogP contribution < -0.4 is 10.1 Å². The van der Waals surface area contributed by atoms with E-state index in [1.807, 2.05) is 23.1 Å². The number of rotatable bonds is 6. The zero-order chi connectivity index (χ0) is 17.3. The number of benzene rings is 1.